The molecule has 1 fully saturated rings. The molecule has 1 saturated heterocycles. The molecular formula is C33H32N2O3S. The fourth-order valence-corrected chi connectivity index (χ4v) is 5.60. The van der Waals surface area contributed by atoms with Crippen LogP contribution in [0.25, 0.3) is 16.8 Å². The van der Waals surface area contributed by atoms with Gasteiger partial charge < -0.3 is 9.47 Å². The number of benzene rings is 4. The third kappa shape index (κ3) is 6.02. The van der Waals surface area contributed by atoms with Crippen LogP contribution in [-0.4, -0.2) is 28.6 Å². The number of amidine groups is 1. The van der Waals surface area contributed by atoms with E-state index >= 15 is 0 Å². The molecule has 5 rings (SSSR count). The molecule has 0 atom stereocenters. The Morgan fingerprint density at radius 3 is 2.46 bits per heavy atom. The van der Waals surface area contributed by atoms with Gasteiger partial charge in [0.1, 0.15) is 6.61 Å². The third-order valence-electron chi connectivity index (χ3n) is 6.44. The molecule has 0 unspecified atom stereocenters. The van der Waals surface area contributed by atoms with Crippen LogP contribution in [0.1, 0.15) is 37.5 Å². The summed E-state index contributed by atoms with van der Waals surface area (Å²) in [6.07, 6.45) is 1.90. The summed E-state index contributed by atoms with van der Waals surface area (Å²) in [5.41, 5.74) is 3.98. The highest BCUT2D eigenvalue weighted by Crippen LogP contribution is 2.37. The number of aliphatic imine (C=N–C) groups is 1. The number of thioether (sulfide) groups is 1. The summed E-state index contributed by atoms with van der Waals surface area (Å²) >= 11 is 1.40. The van der Waals surface area contributed by atoms with Crippen LogP contribution in [0.15, 0.2) is 94.8 Å². The summed E-state index contributed by atoms with van der Waals surface area (Å²) in [5, 5.41) is 3.05. The number of nitrogens with zero attached hydrogens (tertiary/aromatic N) is 2. The van der Waals surface area contributed by atoms with Crippen molar-refractivity contribution in [2.75, 3.05) is 6.61 Å². The van der Waals surface area contributed by atoms with Crippen molar-refractivity contribution in [2.45, 2.75) is 40.3 Å². The Bertz CT molecular complexity index is 1550. The Morgan fingerprint density at radius 2 is 1.69 bits per heavy atom. The summed E-state index contributed by atoms with van der Waals surface area (Å²) in [7, 11) is 0. The van der Waals surface area contributed by atoms with Crippen molar-refractivity contribution in [1.82, 2.24) is 4.90 Å². The van der Waals surface area contributed by atoms with Crippen LogP contribution in [-0.2, 0) is 11.4 Å². The summed E-state index contributed by atoms with van der Waals surface area (Å²) in [6.45, 7) is 8.93. The van der Waals surface area contributed by atoms with Gasteiger partial charge in [-0.05, 0) is 91.7 Å². The van der Waals surface area contributed by atoms with E-state index in [4.69, 9.17) is 14.5 Å². The van der Waals surface area contributed by atoms with E-state index in [-0.39, 0.29) is 11.9 Å². The molecule has 5 nitrogen and oxygen atoms in total. The van der Waals surface area contributed by atoms with Gasteiger partial charge in [-0.2, -0.15) is 0 Å². The van der Waals surface area contributed by atoms with Gasteiger partial charge in [0.15, 0.2) is 16.7 Å². The molecule has 1 heterocycles. The van der Waals surface area contributed by atoms with E-state index in [2.05, 4.69) is 24.3 Å². The quantitative estimate of drug-likeness (QED) is 0.213. The van der Waals surface area contributed by atoms with Crippen LogP contribution in [0.5, 0.6) is 11.5 Å². The van der Waals surface area contributed by atoms with Gasteiger partial charge in [-0.25, -0.2) is 4.99 Å². The molecule has 0 saturated carbocycles. The minimum atomic E-state index is -0.0462. The highest BCUT2D eigenvalue weighted by molar-refractivity contribution is 8.18. The molecule has 0 N–H and O–H groups in total. The largest absolute Gasteiger partial charge is 0.490 e. The number of rotatable bonds is 8. The molecular weight excluding hydrogens is 504 g/mol. The lowest BCUT2D eigenvalue weighted by Gasteiger charge is -2.19. The van der Waals surface area contributed by atoms with E-state index in [1.807, 2.05) is 94.4 Å². The van der Waals surface area contributed by atoms with E-state index in [9.17, 15) is 4.79 Å². The van der Waals surface area contributed by atoms with E-state index in [0.717, 1.165) is 16.8 Å². The molecule has 0 bridgehead atoms. The zero-order valence-electron chi connectivity index (χ0n) is 22.7. The van der Waals surface area contributed by atoms with Crippen molar-refractivity contribution in [2.24, 2.45) is 4.99 Å². The maximum atomic E-state index is 13.4. The average Bonchev–Trinajstić information content (AvgIpc) is 3.24. The second-order valence-electron chi connectivity index (χ2n) is 9.68. The van der Waals surface area contributed by atoms with Gasteiger partial charge >= 0.3 is 0 Å². The minimum absolute atomic E-state index is 0.0103. The van der Waals surface area contributed by atoms with Crippen LogP contribution in [0.2, 0.25) is 0 Å². The number of hydrogen-bond donors (Lipinski definition) is 0. The number of fused-ring (bicyclic) bond motifs is 1. The lowest BCUT2D eigenvalue weighted by Crippen LogP contribution is -2.35. The van der Waals surface area contributed by atoms with Crippen molar-refractivity contribution in [3.63, 3.8) is 0 Å². The highest BCUT2D eigenvalue weighted by Gasteiger charge is 2.35. The van der Waals surface area contributed by atoms with E-state index in [1.54, 1.807) is 4.90 Å². The number of amides is 1. The Hall–Kier alpha value is -4.03. The smallest absolute Gasteiger partial charge is 0.266 e. The molecule has 0 aromatic heterocycles. The van der Waals surface area contributed by atoms with Crippen molar-refractivity contribution >= 4 is 45.4 Å². The van der Waals surface area contributed by atoms with Crippen molar-refractivity contribution in [3.8, 4) is 11.5 Å². The highest BCUT2D eigenvalue weighted by atomic mass is 32.2. The second-order valence-corrected chi connectivity index (χ2v) is 10.7. The second kappa shape index (κ2) is 11.8. The first-order chi connectivity index (χ1) is 18.9. The zero-order chi connectivity index (χ0) is 27.4. The standard InChI is InChI=1S/C33H32N2O3S/c1-5-37-30-19-24(15-18-29(30)38-21-26-11-8-10-25-9-6-7-12-28(25)26)20-31-32(36)35(22(2)3)33(39-31)34-27-16-13-23(4)14-17-27/h6-20,22H,5,21H2,1-4H3/b31-20+,34-33?. The van der Waals surface area contributed by atoms with Crippen molar-refractivity contribution in [3.05, 3.63) is 107 Å². The lowest BCUT2D eigenvalue weighted by atomic mass is 10.1. The number of aryl methyl sites for hydroxylation is 1. The zero-order valence-corrected chi connectivity index (χ0v) is 23.5. The topological polar surface area (TPSA) is 51.1 Å². The fraction of sp³-hybridized carbons (Fsp3) is 0.212. The summed E-state index contributed by atoms with van der Waals surface area (Å²) in [5.74, 6) is 1.27. The van der Waals surface area contributed by atoms with Crippen LogP contribution in [0.4, 0.5) is 5.69 Å². The molecule has 1 aliphatic heterocycles. The van der Waals surface area contributed by atoms with E-state index < -0.39 is 0 Å². The van der Waals surface area contributed by atoms with Crippen LogP contribution >= 0.6 is 11.8 Å². The molecule has 1 aliphatic rings. The Morgan fingerprint density at radius 1 is 0.923 bits per heavy atom. The summed E-state index contributed by atoms with van der Waals surface area (Å²) < 4.78 is 12.2. The summed E-state index contributed by atoms with van der Waals surface area (Å²) in [6, 6.07) is 28.3. The van der Waals surface area contributed by atoms with Gasteiger partial charge in [0.25, 0.3) is 5.91 Å². The molecule has 198 valence electrons. The average molecular weight is 537 g/mol. The Labute approximate surface area is 234 Å². The monoisotopic (exact) mass is 536 g/mol. The van der Waals surface area contributed by atoms with Gasteiger partial charge in [-0.15, -0.1) is 0 Å². The molecule has 4 aromatic carbocycles. The maximum Gasteiger partial charge on any atom is 0.266 e. The summed E-state index contributed by atoms with van der Waals surface area (Å²) in [4.78, 5) is 20.5. The SMILES string of the molecule is CCOc1cc(/C=C2/SC(=Nc3ccc(C)cc3)N(C(C)C)C2=O)ccc1OCc1cccc2ccccc12. The molecule has 0 radical (unpaired) electrons. The minimum Gasteiger partial charge on any atom is -0.490 e. The Balaban J connectivity index is 1.40. The number of carbonyl (C=O) groups is 1. The van der Waals surface area contributed by atoms with Crippen molar-refractivity contribution in [1.29, 1.82) is 0 Å². The molecule has 4 aromatic rings. The molecule has 0 aliphatic carbocycles. The van der Waals surface area contributed by atoms with E-state index in [0.29, 0.717) is 34.8 Å². The predicted molar refractivity (Wildman–Crippen MR) is 162 cm³/mol. The molecule has 0 spiro atoms. The van der Waals surface area contributed by atoms with Crippen LogP contribution < -0.4 is 9.47 Å². The number of hydrogen-bond acceptors (Lipinski definition) is 5. The molecule has 1 amide bonds. The molecule has 39 heavy (non-hydrogen) atoms. The van der Waals surface area contributed by atoms with Gasteiger partial charge in [0.05, 0.1) is 17.2 Å². The van der Waals surface area contributed by atoms with E-state index in [1.165, 1.54) is 28.1 Å². The first kappa shape index (κ1) is 26.6. The first-order valence-electron chi connectivity index (χ1n) is 13.2. The van der Waals surface area contributed by atoms with Gasteiger partial charge in [0.2, 0.25) is 0 Å². The first-order valence-corrected chi connectivity index (χ1v) is 14.0. The predicted octanol–water partition coefficient (Wildman–Crippen LogP) is 8.14. The van der Waals surface area contributed by atoms with Gasteiger partial charge in [0, 0.05) is 6.04 Å². The van der Waals surface area contributed by atoms with Crippen LogP contribution in [0, 0.1) is 6.92 Å². The normalized spacial score (nSPS) is 15.6. The number of carbonyl (C=O) groups excluding carboxylic acids is 1. The molecule has 6 heteroatoms. The number of ether oxygens (including phenoxy) is 2. The van der Waals surface area contributed by atoms with Crippen molar-refractivity contribution < 1.29 is 14.3 Å². The maximum absolute atomic E-state index is 13.4. The lowest BCUT2D eigenvalue weighted by molar-refractivity contribution is -0.123. The third-order valence-corrected chi connectivity index (χ3v) is 7.42. The Kier molecular flexibility index (Phi) is 8.03. The fourth-order valence-electron chi connectivity index (χ4n) is 4.48. The van der Waals surface area contributed by atoms with Crippen LogP contribution in [0.3, 0.4) is 0 Å². The van der Waals surface area contributed by atoms with Gasteiger partial charge in [-0.3, -0.25) is 9.69 Å². The van der Waals surface area contributed by atoms with Gasteiger partial charge in [-0.1, -0.05) is 66.2 Å².